The van der Waals surface area contributed by atoms with E-state index < -0.39 is 0 Å². The topological polar surface area (TPSA) is 48.5 Å². The number of amides is 1. The van der Waals surface area contributed by atoms with Crippen molar-refractivity contribution in [3.63, 3.8) is 0 Å². The first-order chi connectivity index (χ1) is 14.7. The Kier molecular flexibility index (Phi) is 6.89. The number of benzene rings is 2. The second-order valence-corrected chi connectivity index (χ2v) is 8.50. The lowest BCUT2D eigenvalue weighted by molar-refractivity contribution is 0.102. The number of nitrogens with one attached hydrogen (secondary N) is 1. The highest BCUT2D eigenvalue weighted by Crippen LogP contribution is 2.16. The molecule has 4 rings (SSSR count). The molecule has 1 aromatic heterocycles. The van der Waals surface area contributed by atoms with Crippen LogP contribution in [0.2, 0.25) is 0 Å². The van der Waals surface area contributed by atoms with Gasteiger partial charge >= 0.3 is 0 Å². The van der Waals surface area contributed by atoms with Gasteiger partial charge in [0.05, 0.1) is 5.56 Å². The Bertz CT molecular complexity index is 970. The minimum atomic E-state index is -0.161. The molecule has 1 amide bonds. The van der Waals surface area contributed by atoms with E-state index in [1.54, 1.807) is 18.5 Å². The van der Waals surface area contributed by atoms with Crippen molar-refractivity contribution in [1.82, 2.24) is 14.8 Å². The number of carbonyl (C=O) groups is 1. The number of hydrogen-bond acceptors (Lipinski definition) is 4. The quantitative estimate of drug-likeness (QED) is 0.586. The second kappa shape index (κ2) is 9.98. The van der Waals surface area contributed by atoms with Crippen molar-refractivity contribution in [2.75, 3.05) is 31.5 Å². The molecule has 3 aromatic rings. The molecule has 154 valence electrons. The van der Waals surface area contributed by atoms with Gasteiger partial charge in [0.15, 0.2) is 0 Å². The summed E-state index contributed by atoms with van der Waals surface area (Å²) in [6.45, 7) is 6.27. The van der Waals surface area contributed by atoms with Gasteiger partial charge in [-0.15, -0.1) is 0 Å². The minimum absolute atomic E-state index is 0.161. The summed E-state index contributed by atoms with van der Waals surface area (Å²) in [6.07, 6.45) is 3.22. The van der Waals surface area contributed by atoms with E-state index in [0.717, 1.165) is 49.4 Å². The number of halogens is 1. The van der Waals surface area contributed by atoms with Crippen molar-refractivity contribution >= 4 is 27.5 Å². The molecule has 0 atom stereocenters. The first kappa shape index (κ1) is 20.7. The molecule has 0 radical (unpaired) electrons. The lowest BCUT2D eigenvalue weighted by Gasteiger charge is -2.34. The van der Waals surface area contributed by atoms with Crippen LogP contribution in [0.4, 0.5) is 5.69 Å². The number of pyridine rings is 1. The Morgan fingerprint density at radius 3 is 2.07 bits per heavy atom. The fraction of sp³-hybridized carbons (Fsp3) is 0.250. The largest absolute Gasteiger partial charge is 0.322 e. The van der Waals surface area contributed by atoms with Gasteiger partial charge in [-0.1, -0.05) is 42.5 Å². The van der Waals surface area contributed by atoms with Crippen LogP contribution in [0.1, 0.15) is 21.5 Å². The zero-order chi connectivity index (χ0) is 20.8. The van der Waals surface area contributed by atoms with Crippen molar-refractivity contribution in [1.29, 1.82) is 0 Å². The van der Waals surface area contributed by atoms with Crippen LogP contribution < -0.4 is 5.32 Å². The van der Waals surface area contributed by atoms with Crippen molar-refractivity contribution < 1.29 is 4.79 Å². The first-order valence-corrected chi connectivity index (χ1v) is 10.9. The minimum Gasteiger partial charge on any atom is -0.322 e. The Balaban J connectivity index is 1.25. The van der Waals surface area contributed by atoms with Crippen molar-refractivity contribution in [2.24, 2.45) is 0 Å². The summed E-state index contributed by atoms with van der Waals surface area (Å²) >= 11 is 3.34. The summed E-state index contributed by atoms with van der Waals surface area (Å²) in [6, 6.07) is 20.5. The van der Waals surface area contributed by atoms with Gasteiger partial charge in [-0.05, 0) is 45.3 Å². The molecule has 0 spiro atoms. The predicted molar refractivity (Wildman–Crippen MR) is 123 cm³/mol. The van der Waals surface area contributed by atoms with Crippen LogP contribution >= 0.6 is 15.9 Å². The highest BCUT2D eigenvalue weighted by Gasteiger charge is 2.17. The van der Waals surface area contributed by atoms with Gasteiger partial charge in [-0.2, -0.15) is 0 Å². The van der Waals surface area contributed by atoms with E-state index in [1.807, 2.05) is 12.1 Å². The summed E-state index contributed by atoms with van der Waals surface area (Å²) in [5, 5.41) is 2.93. The third kappa shape index (κ3) is 5.75. The van der Waals surface area contributed by atoms with Gasteiger partial charge < -0.3 is 5.32 Å². The van der Waals surface area contributed by atoms with Crippen LogP contribution in [-0.2, 0) is 13.1 Å². The maximum absolute atomic E-state index is 12.3. The monoisotopic (exact) mass is 464 g/mol. The van der Waals surface area contributed by atoms with E-state index in [4.69, 9.17) is 0 Å². The van der Waals surface area contributed by atoms with Crippen LogP contribution in [0.3, 0.4) is 0 Å². The predicted octanol–water partition coefficient (Wildman–Crippen LogP) is 4.41. The molecule has 2 aromatic carbocycles. The third-order valence-electron chi connectivity index (χ3n) is 5.30. The molecule has 1 fully saturated rings. The zero-order valence-electron chi connectivity index (χ0n) is 16.8. The van der Waals surface area contributed by atoms with E-state index in [2.05, 4.69) is 78.5 Å². The van der Waals surface area contributed by atoms with Crippen molar-refractivity contribution in [3.05, 3.63) is 94.2 Å². The highest BCUT2D eigenvalue weighted by molar-refractivity contribution is 9.10. The van der Waals surface area contributed by atoms with Gasteiger partial charge in [0.25, 0.3) is 5.91 Å². The van der Waals surface area contributed by atoms with Gasteiger partial charge in [0.1, 0.15) is 0 Å². The molecule has 30 heavy (non-hydrogen) atoms. The molecule has 1 aliphatic heterocycles. The zero-order valence-corrected chi connectivity index (χ0v) is 18.4. The van der Waals surface area contributed by atoms with E-state index >= 15 is 0 Å². The lowest BCUT2D eigenvalue weighted by Crippen LogP contribution is -2.45. The van der Waals surface area contributed by atoms with Crippen molar-refractivity contribution in [2.45, 2.75) is 13.1 Å². The summed E-state index contributed by atoms with van der Waals surface area (Å²) in [7, 11) is 0. The fourth-order valence-corrected chi connectivity index (χ4v) is 4.00. The Morgan fingerprint density at radius 2 is 1.47 bits per heavy atom. The number of hydrogen-bond donors (Lipinski definition) is 1. The molecule has 2 heterocycles. The molecule has 0 bridgehead atoms. The molecular formula is C24H25BrN4O. The fourth-order valence-electron chi connectivity index (χ4n) is 3.64. The van der Waals surface area contributed by atoms with E-state index in [-0.39, 0.29) is 5.91 Å². The number of piperazine rings is 1. The standard InChI is InChI=1S/C24H25BrN4O/c25-22-14-21(15-26-16-22)24(30)27-23-8-6-20(7-9-23)18-29-12-10-28(11-13-29)17-19-4-2-1-3-5-19/h1-9,14-16H,10-13,17-18H2,(H,27,30). The van der Waals surface area contributed by atoms with Crippen LogP contribution in [0.15, 0.2) is 77.5 Å². The molecule has 1 aliphatic rings. The molecule has 0 aliphatic carbocycles. The van der Waals surface area contributed by atoms with Crippen LogP contribution in [0, 0.1) is 0 Å². The Hall–Kier alpha value is -2.54. The average Bonchev–Trinajstić information content (AvgIpc) is 2.77. The maximum atomic E-state index is 12.3. The second-order valence-electron chi connectivity index (χ2n) is 7.58. The van der Waals surface area contributed by atoms with Gasteiger partial charge in [0, 0.05) is 61.8 Å². The molecule has 0 unspecified atom stereocenters. The molecule has 5 nitrogen and oxygen atoms in total. The number of carbonyl (C=O) groups excluding carboxylic acids is 1. The van der Waals surface area contributed by atoms with Crippen LogP contribution in [0.25, 0.3) is 0 Å². The third-order valence-corrected chi connectivity index (χ3v) is 5.73. The SMILES string of the molecule is O=C(Nc1ccc(CN2CCN(Cc3ccccc3)CC2)cc1)c1cncc(Br)c1. The van der Waals surface area contributed by atoms with E-state index in [0.29, 0.717) is 5.56 Å². The van der Waals surface area contributed by atoms with Gasteiger partial charge in [-0.25, -0.2) is 0 Å². The number of nitrogens with zero attached hydrogens (tertiary/aromatic N) is 3. The Labute approximate surface area is 185 Å². The normalized spacial score (nSPS) is 15.1. The summed E-state index contributed by atoms with van der Waals surface area (Å²) in [5.41, 5.74) is 3.95. The van der Waals surface area contributed by atoms with Gasteiger partial charge in [0.2, 0.25) is 0 Å². The summed E-state index contributed by atoms with van der Waals surface area (Å²) in [4.78, 5) is 21.4. The molecule has 6 heteroatoms. The summed E-state index contributed by atoms with van der Waals surface area (Å²) in [5.74, 6) is -0.161. The molecular weight excluding hydrogens is 440 g/mol. The van der Waals surface area contributed by atoms with Crippen LogP contribution in [-0.4, -0.2) is 46.9 Å². The molecule has 1 N–H and O–H groups in total. The van der Waals surface area contributed by atoms with Crippen LogP contribution in [0.5, 0.6) is 0 Å². The average molecular weight is 465 g/mol. The van der Waals surface area contributed by atoms with Gasteiger partial charge in [-0.3, -0.25) is 19.6 Å². The molecule has 1 saturated heterocycles. The summed E-state index contributed by atoms with van der Waals surface area (Å²) < 4.78 is 0.786. The maximum Gasteiger partial charge on any atom is 0.257 e. The Morgan fingerprint density at radius 1 is 0.867 bits per heavy atom. The highest BCUT2D eigenvalue weighted by atomic mass is 79.9. The number of anilines is 1. The number of aromatic nitrogens is 1. The first-order valence-electron chi connectivity index (χ1n) is 10.2. The number of rotatable bonds is 6. The van der Waals surface area contributed by atoms with Crippen molar-refractivity contribution in [3.8, 4) is 0 Å². The molecule has 0 saturated carbocycles. The smallest absolute Gasteiger partial charge is 0.257 e. The van der Waals surface area contributed by atoms with E-state index in [1.165, 1.54) is 11.1 Å². The lowest BCUT2D eigenvalue weighted by atomic mass is 10.1. The van der Waals surface area contributed by atoms with E-state index in [9.17, 15) is 4.79 Å².